The first-order chi connectivity index (χ1) is 15.9. The fraction of sp³-hybridized carbons (Fsp3) is 0.208. The van der Waals surface area contributed by atoms with Gasteiger partial charge in [0.25, 0.3) is 0 Å². The van der Waals surface area contributed by atoms with Gasteiger partial charge in [-0.2, -0.15) is 0 Å². The highest BCUT2D eigenvalue weighted by Gasteiger charge is 2.29. The summed E-state index contributed by atoms with van der Waals surface area (Å²) in [7, 11) is 1.61. The van der Waals surface area contributed by atoms with Gasteiger partial charge in [-0.25, -0.2) is 18.2 Å². The maximum atomic E-state index is 13.7. The van der Waals surface area contributed by atoms with Crippen molar-refractivity contribution in [3.05, 3.63) is 88.8 Å². The minimum Gasteiger partial charge on any atom is -0.495 e. The Morgan fingerprint density at radius 2 is 1.85 bits per heavy atom. The normalized spacial score (nSPS) is 15.4. The van der Waals surface area contributed by atoms with Gasteiger partial charge in [-0.05, 0) is 54.8 Å². The number of benzene rings is 2. The summed E-state index contributed by atoms with van der Waals surface area (Å²) in [5, 5.41) is 8.45. The number of aryl methyl sites for hydroxylation is 1. The molecule has 0 aliphatic carbocycles. The number of halogens is 3. The first-order valence-corrected chi connectivity index (χ1v) is 10.4. The van der Waals surface area contributed by atoms with E-state index in [1.54, 1.807) is 13.4 Å². The Morgan fingerprint density at radius 1 is 1.06 bits per heavy atom. The first kappa shape index (κ1) is 21.0. The number of aromatic nitrogens is 5. The average Bonchev–Trinajstić information content (AvgIpc) is 3.52. The van der Waals surface area contributed by atoms with Crippen molar-refractivity contribution in [3.8, 4) is 11.4 Å². The van der Waals surface area contributed by atoms with Crippen LogP contribution in [0.4, 0.5) is 13.2 Å². The predicted octanol–water partition coefficient (Wildman–Crippen LogP) is 4.90. The Labute approximate surface area is 188 Å². The molecule has 1 unspecified atom stereocenters. The smallest absolute Gasteiger partial charge is 0.194 e. The Morgan fingerprint density at radius 3 is 2.55 bits per heavy atom. The summed E-state index contributed by atoms with van der Waals surface area (Å²) in [4.78, 5) is 4.25. The second kappa shape index (κ2) is 8.23. The van der Waals surface area contributed by atoms with Crippen molar-refractivity contribution in [1.29, 1.82) is 0 Å². The van der Waals surface area contributed by atoms with E-state index in [1.807, 2.05) is 52.6 Å². The van der Waals surface area contributed by atoms with Crippen LogP contribution >= 0.6 is 0 Å². The van der Waals surface area contributed by atoms with Crippen LogP contribution in [0.5, 0.6) is 5.75 Å². The molecule has 0 bridgehead atoms. The molecule has 4 aromatic rings. The molecule has 0 saturated heterocycles. The zero-order chi connectivity index (χ0) is 23.1. The molecule has 5 rings (SSSR count). The maximum absolute atomic E-state index is 13.7. The molecule has 1 atom stereocenters. The molecular formula is C24H20F3N5O. The zero-order valence-electron chi connectivity index (χ0n) is 18.0. The van der Waals surface area contributed by atoms with Gasteiger partial charge in [-0.1, -0.05) is 12.1 Å². The van der Waals surface area contributed by atoms with Gasteiger partial charge in [-0.3, -0.25) is 0 Å². The van der Waals surface area contributed by atoms with E-state index < -0.39 is 17.5 Å². The van der Waals surface area contributed by atoms with Crippen LogP contribution in [0.1, 0.15) is 40.8 Å². The summed E-state index contributed by atoms with van der Waals surface area (Å²) in [6.07, 6.45) is 7.98. The third-order valence-electron chi connectivity index (χ3n) is 5.79. The van der Waals surface area contributed by atoms with Crippen LogP contribution in [-0.2, 0) is 6.54 Å². The van der Waals surface area contributed by atoms with Crippen LogP contribution in [0.25, 0.3) is 17.8 Å². The van der Waals surface area contributed by atoms with Crippen molar-refractivity contribution < 1.29 is 17.9 Å². The molecule has 0 N–H and O–H groups in total. The van der Waals surface area contributed by atoms with Gasteiger partial charge in [0.2, 0.25) is 0 Å². The van der Waals surface area contributed by atoms with Crippen LogP contribution in [0, 0.1) is 24.4 Å². The van der Waals surface area contributed by atoms with Gasteiger partial charge in [0, 0.05) is 18.7 Å². The number of fused-ring (bicyclic) bond motifs is 1. The monoisotopic (exact) mass is 451 g/mol. The maximum Gasteiger partial charge on any atom is 0.194 e. The summed E-state index contributed by atoms with van der Waals surface area (Å²) in [6, 6.07) is 7.87. The van der Waals surface area contributed by atoms with Crippen molar-refractivity contribution >= 4 is 12.2 Å². The molecule has 0 fully saturated rings. The number of imidazole rings is 1. The summed E-state index contributed by atoms with van der Waals surface area (Å²) < 4.78 is 50.1. The molecule has 0 spiro atoms. The molecule has 3 heterocycles. The van der Waals surface area contributed by atoms with Gasteiger partial charge >= 0.3 is 0 Å². The lowest BCUT2D eigenvalue weighted by atomic mass is 9.97. The molecule has 1 aliphatic rings. The fourth-order valence-electron chi connectivity index (χ4n) is 4.15. The molecule has 0 amide bonds. The second-order valence-electron chi connectivity index (χ2n) is 7.89. The van der Waals surface area contributed by atoms with Crippen LogP contribution in [0.2, 0.25) is 0 Å². The lowest BCUT2D eigenvalue weighted by Crippen LogP contribution is -2.02. The number of nitrogens with zero attached hydrogens (tertiary/aromatic N) is 5. The Hall–Kier alpha value is -3.88. The SMILES string of the molecule is COc1cc(/C=C/c2nnc3n2CCC3c2cc(F)c(F)c(F)c2)ccc1-n1cnc(C)c1. The van der Waals surface area contributed by atoms with Gasteiger partial charge in [0.15, 0.2) is 23.3 Å². The topological polar surface area (TPSA) is 57.8 Å². The number of methoxy groups -OCH3 is 1. The minimum absolute atomic E-state index is 0.345. The van der Waals surface area contributed by atoms with E-state index >= 15 is 0 Å². The lowest BCUT2D eigenvalue weighted by Gasteiger charge is -2.10. The van der Waals surface area contributed by atoms with Gasteiger partial charge < -0.3 is 13.9 Å². The molecular weight excluding hydrogens is 431 g/mol. The summed E-state index contributed by atoms with van der Waals surface area (Å²) in [5.41, 5.74) is 3.04. The van der Waals surface area contributed by atoms with E-state index in [2.05, 4.69) is 15.2 Å². The van der Waals surface area contributed by atoms with E-state index in [0.29, 0.717) is 35.9 Å². The second-order valence-corrected chi connectivity index (χ2v) is 7.89. The molecule has 6 nitrogen and oxygen atoms in total. The van der Waals surface area contributed by atoms with Crippen molar-refractivity contribution in [2.24, 2.45) is 0 Å². The van der Waals surface area contributed by atoms with E-state index in [-0.39, 0.29) is 5.92 Å². The molecule has 0 saturated carbocycles. The lowest BCUT2D eigenvalue weighted by molar-refractivity contribution is 0.413. The Kier molecular flexibility index (Phi) is 5.24. The predicted molar refractivity (Wildman–Crippen MR) is 117 cm³/mol. The summed E-state index contributed by atoms with van der Waals surface area (Å²) in [6.45, 7) is 2.51. The average molecular weight is 451 g/mol. The number of ether oxygens (including phenoxy) is 1. The molecule has 168 valence electrons. The summed E-state index contributed by atoms with van der Waals surface area (Å²) >= 11 is 0. The van der Waals surface area contributed by atoms with E-state index in [1.165, 1.54) is 0 Å². The molecule has 1 aliphatic heterocycles. The summed E-state index contributed by atoms with van der Waals surface area (Å²) in [5.74, 6) is -2.29. The largest absolute Gasteiger partial charge is 0.495 e. The standard InChI is InChI=1S/C24H20F3N5O/c1-14-12-31(13-28-14)20-5-3-15(9-21(20)33-2)4-6-22-29-30-24-17(7-8-32(22)24)16-10-18(25)23(27)19(26)11-16/h3-6,9-13,17H,7-8H2,1-2H3/b6-4+. The highest BCUT2D eigenvalue weighted by Crippen LogP contribution is 2.35. The molecule has 2 aromatic carbocycles. The molecule has 2 aromatic heterocycles. The van der Waals surface area contributed by atoms with Gasteiger partial charge in [0.1, 0.15) is 11.6 Å². The minimum atomic E-state index is -1.47. The van der Waals surface area contributed by atoms with Crippen molar-refractivity contribution in [2.45, 2.75) is 25.8 Å². The number of rotatable bonds is 5. The quantitative estimate of drug-likeness (QED) is 0.405. The molecule has 0 radical (unpaired) electrons. The Bertz CT molecular complexity index is 1350. The van der Waals surface area contributed by atoms with Gasteiger partial charge in [0.05, 0.1) is 24.8 Å². The number of hydrogen-bond donors (Lipinski definition) is 0. The van der Waals surface area contributed by atoms with Crippen LogP contribution in [0.3, 0.4) is 0 Å². The van der Waals surface area contributed by atoms with Crippen LogP contribution in [0.15, 0.2) is 42.9 Å². The zero-order valence-corrected chi connectivity index (χ0v) is 18.0. The van der Waals surface area contributed by atoms with Crippen molar-refractivity contribution in [2.75, 3.05) is 7.11 Å². The number of hydrogen-bond acceptors (Lipinski definition) is 4. The van der Waals surface area contributed by atoms with Crippen molar-refractivity contribution in [3.63, 3.8) is 0 Å². The third-order valence-corrected chi connectivity index (χ3v) is 5.79. The third kappa shape index (κ3) is 3.79. The first-order valence-electron chi connectivity index (χ1n) is 10.4. The van der Waals surface area contributed by atoms with Crippen molar-refractivity contribution in [1.82, 2.24) is 24.3 Å². The van der Waals surface area contributed by atoms with Crippen LogP contribution < -0.4 is 4.74 Å². The Balaban J connectivity index is 1.41. The molecule has 33 heavy (non-hydrogen) atoms. The molecule has 9 heteroatoms. The van der Waals surface area contributed by atoms with E-state index in [9.17, 15) is 13.2 Å². The van der Waals surface area contributed by atoms with E-state index in [0.717, 1.165) is 29.1 Å². The van der Waals surface area contributed by atoms with Gasteiger partial charge in [-0.15, -0.1) is 10.2 Å². The van der Waals surface area contributed by atoms with E-state index in [4.69, 9.17) is 4.74 Å². The highest BCUT2D eigenvalue weighted by molar-refractivity contribution is 5.69. The highest BCUT2D eigenvalue weighted by atomic mass is 19.2. The fourth-order valence-corrected chi connectivity index (χ4v) is 4.15. The van der Waals surface area contributed by atoms with Crippen LogP contribution in [-0.4, -0.2) is 31.4 Å².